The molecule has 0 radical (unpaired) electrons. The van der Waals surface area contributed by atoms with E-state index in [0.717, 1.165) is 5.69 Å². The van der Waals surface area contributed by atoms with Gasteiger partial charge < -0.3 is 4.57 Å². The highest BCUT2D eigenvalue weighted by atomic mass is 32.1. The van der Waals surface area contributed by atoms with Crippen LogP contribution in [-0.4, -0.2) is 21.1 Å². The van der Waals surface area contributed by atoms with Crippen LogP contribution in [0.4, 0.5) is 0 Å². The van der Waals surface area contributed by atoms with E-state index in [0.29, 0.717) is 24.9 Å². The molecule has 0 saturated heterocycles. The fourth-order valence-electron chi connectivity index (χ4n) is 2.20. The molecule has 0 aliphatic rings. The van der Waals surface area contributed by atoms with Crippen LogP contribution < -0.4 is 10.4 Å². The molecule has 0 atom stereocenters. The second kappa shape index (κ2) is 7.35. The second-order valence-corrected chi connectivity index (χ2v) is 6.26. The summed E-state index contributed by atoms with van der Waals surface area (Å²) in [6.45, 7) is 6.44. The largest absolute Gasteiger partial charge is 0.307 e. The van der Waals surface area contributed by atoms with Crippen molar-refractivity contribution in [1.82, 2.24) is 9.13 Å². The minimum atomic E-state index is 0.000863. The zero-order chi connectivity index (χ0) is 16.1. The zero-order valence-electron chi connectivity index (χ0n) is 13.2. The number of rotatable bonds is 5. The molecule has 0 fully saturated rings. The fourth-order valence-corrected chi connectivity index (χ4v) is 2.96. The summed E-state index contributed by atoms with van der Waals surface area (Å²) in [6.07, 6.45) is 2.77. The third-order valence-electron chi connectivity index (χ3n) is 3.25. The Hall–Kier alpha value is -1.95. The molecular weight excluding hydrogens is 298 g/mol. The summed E-state index contributed by atoms with van der Waals surface area (Å²) in [5.74, 6) is 0.000863. The maximum atomic E-state index is 12.4. The Bertz CT molecular complexity index is 768. The Morgan fingerprint density at radius 1 is 1.36 bits per heavy atom. The number of thiazole rings is 1. The van der Waals surface area contributed by atoms with E-state index in [1.165, 1.54) is 11.3 Å². The van der Waals surface area contributed by atoms with Crippen molar-refractivity contribution in [3.05, 3.63) is 50.6 Å². The molecule has 2 heterocycles. The maximum Gasteiger partial charge on any atom is 0.307 e. The molecule has 2 aromatic rings. The van der Waals surface area contributed by atoms with Gasteiger partial charge in [-0.3, -0.25) is 19.1 Å². The molecule has 5 nitrogen and oxygen atoms in total. The summed E-state index contributed by atoms with van der Waals surface area (Å²) in [7, 11) is 0. The highest BCUT2D eigenvalue weighted by molar-refractivity contribution is 7.07. The molecular formula is C16H21N3O2S. The lowest BCUT2D eigenvalue weighted by atomic mass is 10.2. The van der Waals surface area contributed by atoms with Crippen molar-refractivity contribution < 1.29 is 4.79 Å². The van der Waals surface area contributed by atoms with E-state index in [2.05, 4.69) is 4.99 Å². The van der Waals surface area contributed by atoms with Crippen LogP contribution in [0, 0.1) is 6.92 Å². The Kier molecular flexibility index (Phi) is 5.49. The smallest absolute Gasteiger partial charge is 0.303 e. The minimum Gasteiger partial charge on any atom is -0.303 e. The van der Waals surface area contributed by atoms with E-state index in [4.69, 9.17) is 0 Å². The molecule has 0 unspecified atom stereocenters. The molecule has 2 rings (SSSR count). The monoisotopic (exact) mass is 319 g/mol. The minimum absolute atomic E-state index is 0.000863. The van der Waals surface area contributed by atoms with Crippen LogP contribution in [0.15, 0.2) is 39.6 Å². The molecule has 6 heteroatoms. The first-order valence-electron chi connectivity index (χ1n) is 7.38. The van der Waals surface area contributed by atoms with Gasteiger partial charge in [-0.05, 0) is 39.3 Å². The van der Waals surface area contributed by atoms with E-state index < -0.39 is 0 Å². The topological polar surface area (TPSA) is 56.4 Å². The predicted octanol–water partition coefficient (Wildman–Crippen LogP) is 2.45. The van der Waals surface area contributed by atoms with Crippen LogP contribution in [-0.2, 0) is 6.54 Å². The molecule has 0 aliphatic heterocycles. The highest BCUT2D eigenvalue weighted by Gasteiger charge is 2.07. The van der Waals surface area contributed by atoms with Gasteiger partial charge in [0.25, 0.3) is 0 Å². The van der Waals surface area contributed by atoms with Crippen LogP contribution in [0.5, 0.6) is 0 Å². The van der Waals surface area contributed by atoms with Gasteiger partial charge in [-0.2, -0.15) is 0 Å². The number of carbonyl (C=O) groups is 1. The number of nitrogens with zero attached hydrogens (tertiary/aromatic N) is 3. The molecule has 0 aliphatic carbocycles. The Morgan fingerprint density at radius 2 is 2.14 bits per heavy atom. The second-order valence-electron chi connectivity index (χ2n) is 5.44. The van der Waals surface area contributed by atoms with Crippen molar-refractivity contribution >= 4 is 17.2 Å². The maximum absolute atomic E-state index is 12.4. The van der Waals surface area contributed by atoms with Crippen LogP contribution in [0.3, 0.4) is 0 Å². The van der Waals surface area contributed by atoms with Crippen molar-refractivity contribution in [2.45, 2.75) is 46.2 Å². The predicted molar refractivity (Wildman–Crippen MR) is 88.3 cm³/mol. The Labute approximate surface area is 133 Å². The van der Waals surface area contributed by atoms with Crippen molar-refractivity contribution in [2.24, 2.45) is 4.99 Å². The summed E-state index contributed by atoms with van der Waals surface area (Å²) in [5, 5.41) is 1.84. The third kappa shape index (κ3) is 4.04. The number of carbonyl (C=O) groups excluding carboxylic acids is 1. The lowest BCUT2D eigenvalue weighted by molar-refractivity contribution is 0.0892. The van der Waals surface area contributed by atoms with Crippen molar-refractivity contribution in [2.75, 3.05) is 0 Å². The third-order valence-corrected chi connectivity index (χ3v) is 4.13. The number of pyridine rings is 1. The Morgan fingerprint density at radius 3 is 2.77 bits per heavy atom. The van der Waals surface area contributed by atoms with E-state index in [9.17, 15) is 9.59 Å². The first-order chi connectivity index (χ1) is 10.5. The van der Waals surface area contributed by atoms with E-state index in [1.807, 2.05) is 44.4 Å². The quantitative estimate of drug-likeness (QED) is 0.850. The Balaban J connectivity index is 2.06. The van der Waals surface area contributed by atoms with Gasteiger partial charge in [0.05, 0.1) is 0 Å². The summed E-state index contributed by atoms with van der Waals surface area (Å²) in [6, 6.07) is 5.67. The van der Waals surface area contributed by atoms with Crippen molar-refractivity contribution in [3.63, 3.8) is 0 Å². The van der Waals surface area contributed by atoms with E-state index in [-0.39, 0.29) is 16.8 Å². The number of aromatic nitrogens is 2. The van der Waals surface area contributed by atoms with Gasteiger partial charge >= 0.3 is 4.87 Å². The molecule has 118 valence electrons. The van der Waals surface area contributed by atoms with E-state index >= 15 is 0 Å². The fraction of sp³-hybridized carbons (Fsp3) is 0.438. The summed E-state index contributed by atoms with van der Waals surface area (Å²) < 4.78 is 3.30. The lowest BCUT2D eigenvalue weighted by Crippen LogP contribution is -2.27. The van der Waals surface area contributed by atoms with E-state index in [1.54, 1.807) is 15.3 Å². The normalized spacial score (nSPS) is 12.1. The number of hydrogen-bond donors (Lipinski definition) is 0. The molecule has 0 aromatic carbocycles. The lowest BCUT2D eigenvalue weighted by Gasteiger charge is -2.08. The molecule has 2 aromatic heterocycles. The molecule has 0 N–H and O–H groups in total. The van der Waals surface area contributed by atoms with Crippen LogP contribution in [0.1, 0.15) is 37.2 Å². The summed E-state index contributed by atoms with van der Waals surface area (Å²) in [4.78, 5) is 28.5. The van der Waals surface area contributed by atoms with Gasteiger partial charge in [0.15, 0.2) is 0 Å². The first kappa shape index (κ1) is 16.4. The van der Waals surface area contributed by atoms with Gasteiger partial charge in [0.1, 0.15) is 5.49 Å². The van der Waals surface area contributed by atoms with Crippen LogP contribution >= 0.6 is 11.3 Å². The molecule has 0 spiro atoms. The molecule has 0 amide bonds. The number of aryl methyl sites for hydroxylation is 1. The van der Waals surface area contributed by atoms with Crippen molar-refractivity contribution in [3.8, 4) is 0 Å². The molecule has 0 bridgehead atoms. The number of hydrogen-bond acceptors (Lipinski definition) is 4. The van der Waals surface area contributed by atoms with Crippen molar-refractivity contribution in [1.29, 1.82) is 0 Å². The average Bonchev–Trinajstić information content (AvgIpc) is 2.79. The molecule has 0 saturated carbocycles. The van der Waals surface area contributed by atoms with Gasteiger partial charge in [-0.25, -0.2) is 0 Å². The summed E-state index contributed by atoms with van der Waals surface area (Å²) >= 11 is 1.20. The zero-order valence-corrected chi connectivity index (χ0v) is 14.0. The van der Waals surface area contributed by atoms with Gasteiger partial charge in [-0.15, -0.1) is 0 Å². The van der Waals surface area contributed by atoms with Crippen LogP contribution in [0.2, 0.25) is 0 Å². The van der Waals surface area contributed by atoms with Gasteiger partial charge in [0, 0.05) is 36.3 Å². The summed E-state index contributed by atoms with van der Waals surface area (Å²) in [5.41, 5.74) is 1.62. The molecule has 22 heavy (non-hydrogen) atoms. The SMILES string of the molecule is Cc1csc(=O)n1CCCC(=O)n1ccccc1=NC(C)C. The first-order valence-corrected chi connectivity index (χ1v) is 8.26. The average molecular weight is 319 g/mol. The van der Waals surface area contributed by atoms with Gasteiger partial charge in [0.2, 0.25) is 5.91 Å². The van der Waals surface area contributed by atoms with Crippen LogP contribution in [0.25, 0.3) is 0 Å². The van der Waals surface area contributed by atoms with Gasteiger partial charge in [-0.1, -0.05) is 17.4 Å². The standard InChI is InChI=1S/C16H21N3O2S/c1-12(2)17-14-7-4-5-9-19(14)15(20)8-6-10-18-13(3)11-22-16(18)21/h4-5,7,9,11-12H,6,8,10H2,1-3H3. The highest BCUT2D eigenvalue weighted by Crippen LogP contribution is 2.03.